The van der Waals surface area contributed by atoms with Gasteiger partial charge < -0.3 is 10.6 Å². The maximum absolute atomic E-state index is 13.0. The largest absolute Gasteiger partial charge is 0.416 e. The van der Waals surface area contributed by atoms with E-state index in [1.54, 1.807) is 0 Å². The number of sulfone groups is 1. The molecule has 1 aliphatic rings. The summed E-state index contributed by atoms with van der Waals surface area (Å²) in [7, 11) is -3.73. The van der Waals surface area contributed by atoms with Gasteiger partial charge in [0.1, 0.15) is 0 Å². The lowest BCUT2D eigenvalue weighted by atomic mass is 9.95. The minimum absolute atomic E-state index is 0.0280. The highest BCUT2D eigenvalue weighted by Crippen LogP contribution is 2.34. The van der Waals surface area contributed by atoms with Crippen molar-refractivity contribution in [3.05, 3.63) is 29.3 Å². The SMILES string of the molecule is Cc1ccc(NC(=O)C2(S(C)(=O)=O)CCNCC2)cc1C(F)(F)F. The van der Waals surface area contributed by atoms with Crippen LogP contribution < -0.4 is 10.6 Å². The second kappa shape index (κ2) is 6.36. The minimum Gasteiger partial charge on any atom is -0.325 e. The first-order valence-electron chi connectivity index (χ1n) is 7.37. The monoisotopic (exact) mass is 364 g/mol. The molecule has 0 bridgehead atoms. The topological polar surface area (TPSA) is 75.3 Å². The molecule has 1 saturated heterocycles. The van der Waals surface area contributed by atoms with Crippen molar-refractivity contribution in [2.75, 3.05) is 24.7 Å². The molecule has 1 aromatic rings. The van der Waals surface area contributed by atoms with Crippen molar-refractivity contribution in [2.24, 2.45) is 0 Å². The van der Waals surface area contributed by atoms with Crippen molar-refractivity contribution >= 4 is 21.4 Å². The van der Waals surface area contributed by atoms with Gasteiger partial charge in [-0.2, -0.15) is 13.2 Å². The molecule has 5 nitrogen and oxygen atoms in total. The van der Waals surface area contributed by atoms with Gasteiger partial charge in [0.15, 0.2) is 14.6 Å². The number of hydrogen-bond donors (Lipinski definition) is 2. The predicted molar refractivity (Wildman–Crippen MR) is 84.5 cm³/mol. The van der Waals surface area contributed by atoms with Gasteiger partial charge in [0, 0.05) is 11.9 Å². The van der Waals surface area contributed by atoms with Gasteiger partial charge in [-0.1, -0.05) is 6.07 Å². The van der Waals surface area contributed by atoms with Crippen molar-refractivity contribution in [3.8, 4) is 0 Å². The first-order valence-corrected chi connectivity index (χ1v) is 9.26. The molecule has 134 valence electrons. The number of halogens is 3. The van der Waals surface area contributed by atoms with E-state index in [9.17, 15) is 26.4 Å². The van der Waals surface area contributed by atoms with Crippen molar-refractivity contribution < 1.29 is 26.4 Å². The van der Waals surface area contributed by atoms with E-state index in [-0.39, 0.29) is 24.1 Å². The van der Waals surface area contributed by atoms with E-state index in [0.717, 1.165) is 12.3 Å². The maximum Gasteiger partial charge on any atom is 0.416 e. The van der Waals surface area contributed by atoms with E-state index in [0.29, 0.717) is 13.1 Å². The molecule has 1 heterocycles. The smallest absolute Gasteiger partial charge is 0.325 e. The quantitative estimate of drug-likeness (QED) is 0.862. The van der Waals surface area contributed by atoms with Crippen molar-refractivity contribution in [1.29, 1.82) is 0 Å². The highest BCUT2D eigenvalue weighted by molar-refractivity contribution is 7.92. The van der Waals surface area contributed by atoms with Crippen LogP contribution >= 0.6 is 0 Å². The summed E-state index contributed by atoms with van der Waals surface area (Å²) in [6.07, 6.45) is -3.41. The molecule has 0 aliphatic carbocycles. The van der Waals surface area contributed by atoms with Crippen LogP contribution in [0.4, 0.5) is 18.9 Å². The first-order chi connectivity index (χ1) is 11.0. The van der Waals surface area contributed by atoms with Gasteiger partial charge in [0.2, 0.25) is 5.91 Å². The highest BCUT2D eigenvalue weighted by atomic mass is 32.2. The Hall–Kier alpha value is -1.61. The van der Waals surface area contributed by atoms with E-state index in [1.807, 2.05) is 0 Å². The molecule has 0 atom stereocenters. The van der Waals surface area contributed by atoms with E-state index >= 15 is 0 Å². The van der Waals surface area contributed by atoms with Crippen LogP contribution in [0, 0.1) is 6.92 Å². The lowest BCUT2D eigenvalue weighted by molar-refractivity contribution is -0.138. The summed E-state index contributed by atoms with van der Waals surface area (Å²) in [5.41, 5.74) is -0.904. The summed E-state index contributed by atoms with van der Waals surface area (Å²) < 4.78 is 61.6. The first kappa shape index (κ1) is 18.7. The average molecular weight is 364 g/mol. The van der Waals surface area contributed by atoms with Crippen LogP contribution in [0.1, 0.15) is 24.0 Å². The van der Waals surface area contributed by atoms with Crippen molar-refractivity contribution in [2.45, 2.75) is 30.7 Å². The second-order valence-corrected chi connectivity index (χ2v) is 8.32. The van der Waals surface area contributed by atoms with Crippen LogP contribution in [-0.4, -0.2) is 38.4 Å². The summed E-state index contributed by atoms with van der Waals surface area (Å²) in [4.78, 5) is 12.6. The lowest BCUT2D eigenvalue weighted by Gasteiger charge is -2.34. The van der Waals surface area contributed by atoms with Crippen LogP contribution in [0.15, 0.2) is 18.2 Å². The number of benzene rings is 1. The number of carbonyl (C=O) groups excluding carboxylic acids is 1. The van der Waals surface area contributed by atoms with Gasteiger partial charge in [0.25, 0.3) is 0 Å². The lowest BCUT2D eigenvalue weighted by Crippen LogP contribution is -2.55. The fourth-order valence-corrected chi connectivity index (χ4v) is 4.18. The number of aryl methyl sites for hydroxylation is 1. The van der Waals surface area contributed by atoms with Crippen LogP contribution in [0.5, 0.6) is 0 Å². The molecule has 1 aliphatic heterocycles. The number of alkyl halides is 3. The van der Waals surface area contributed by atoms with Crippen LogP contribution in [0.3, 0.4) is 0 Å². The Bertz CT molecular complexity index is 739. The van der Waals surface area contributed by atoms with Gasteiger partial charge in [-0.3, -0.25) is 4.79 Å². The van der Waals surface area contributed by atoms with Crippen molar-refractivity contribution in [1.82, 2.24) is 5.32 Å². The summed E-state index contributed by atoms with van der Waals surface area (Å²) in [5.74, 6) is -0.788. The zero-order valence-corrected chi connectivity index (χ0v) is 14.1. The fourth-order valence-electron chi connectivity index (χ4n) is 2.85. The molecule has 1 amide bonds. The number of piperidine rings is 1. The molecule has 1 fully saturated rings. The van der Waals surface area contributed by atoms with Gasteiger partial charge in [-0.05, 0) is 50.6 Å². The third-order valence-corrected chi connectivity index (χ3v) is 6.35. The number of anilines is 1. The number of carbonyl (C=O) groups is 1. The Balaban J connectivity index is 2.35. The number of nitrogens with one attached hydrogen (secondary N) is 2. The third-order valence-electron chi connectivity index (χ3n) is 4.34. The molecule has 2 N–H and O–H groups in total. The molecule has 0 saturated carbocycles. The molecule has 0 radical (unpaired) electrons. The van der Waals surface area contributed by atoms with Gasteiger partial charge in [-0.25, -0.2) is 8.42 Å². The van der Waals surface area contributed by atoms with E-state index in [1.165, 1.54) is 19.1 Å². The highest BCUT2D eigenvalue weighted by Gasteiger charge is 2.48. The Morgan fingerprint density at radius 3 is 2.33 bits per heavy atom. The van der Waals surface area contributed by atoms with Gasteiger partial charge in [-0.15, -0.1) is 0 Å². The molecule has 0 spiro atoms. The van der Waals surface area contributed by atoms with E-state index in [2.05, 4.69) is 10.6 Å². The number of hydrogen-bond acceptors (Lipinski definition) is 4. The van der Waals surface area contributed by atoms with Crippen LogP contribution in [-0.2, 0) is 20.8 Å². The van der Waals surface area contributed by atoms with Crippen LogP contribution in [0.2, 0.25) is 0 Å². The van der Waals surface area contributed by atoms with Crippen LogP contribution in [0.25, 0.3) is 0 Å². The van der Waals surface area contributed by atoms with E-state index < -0.39 is 32.2 Å². The molecule has 24 heavy (non-hydrogen) atoms. The second-order valence-electron chi connectivity index (χ2n) is 6.00. The summed E-state index contributed by atoms with van der Waals surface area (Å²) in [6.45, 7) is 2.02. The molecule has 0 unspecified atom stereocenters. The number of amides is 1. The molecule has 9 heteroatoms. The molecular weight excluding hydrogens is 345 g/mol. The van der Waals surface area contributed by atoms with Gasteiger partial charge >= 0.3 is 6.18 Å². The normalized spacial score (nSPS) is 18.2. The molecule has 1 aromatic carbocycles. The molecule has 0 aromatic heterocycles. The molecular formula is C15H19F3N2O3S. The summed E-state index contributed by atoms with van der Waals surface area (Å²) >= 11 is 0. The zero-order chi connectivity index (χ0) is 18.2. The Kier molecular flexibility index (Phi) is 4.96. The number of rotatable bonds is 3. The standard InChI is InChI=1S/C15H19F3N2O3S/c1-10-3-4-11(9-12(10)15(16,17)18)20-13(21)14(24(2,22)23)5-7-19-8-6-14/h3-4,9,19H,5-8H2,1-2H3,(H,20,21). The summed E-state index contributed by atoms with van der Waals surface area (Å²) in [6, 6.07) is 3.40. The Morgan fingerprint density at radius 2 is 1.83 bits per heavy atom. The average Bonchev–Trinajstić information content (AvgIpc) is 2.47. The Morgan fingerprint density at radius 1 is 1.25 bits per heavy atom. The van der Waals surface area contributed by atoms with Crippen molar-refractivity contribution in [3.63, 3.8) is 0 Å². The third kappa shape index (κ3) is 3.56. The van der Waals surface area contributed by atoms with Gasteiger partial charge in [0.05, 0.1) is 5.56 Å². The summed E-state index contributed by atoms with van der Waals surface area (Å²) in [5, 5.41) is 5.33. The molecule has 2 rings (SSSR count). The van der Waals surface area contributed by atoms with E-state index in [4.69, 9.17) is 0 Å². The zero-order valence-electron chi connectivity index (χ0n) is 13.3. The fraction of sp³-hybridized carbons (Fsp3) is 0.533. The minimum atomic E-state index is -4.55. The predicted octanol–water partition coefficient (Wildman–Crippen LogP) is 2.12. The Labute approximate surface area is 138 Å². The maximum atomic E-state index is 13.0.